The third-order valence-electron chi connectivity index (χ3n) is 5.73. The zero-order valence-corrected chi connectivity index (χ0v) is 18.2. The molecule has 0 aliphatic carbocycles. The molecule has 30 heavy (non-hydrogen) atoms. The first-order valence-electron chi connectivity index (χ1n) is 10.3. The zero-order valence-electron chi connectivity index (χ0n) is 16.6. The topological polar surface area (TPSA) is 75.6 Å². The summed E-state index contributed by atoms with van der Waals surface area (Å²) >= 11 is 1.77. The van der Waals surface area contributed by atoms with E-state index in [2.05, 4.69) is 22.0 Å². The Morgan fingerprint density at radius 3 is 2.67 bits per heavy atom. The fourth-order valence-corrected chi connectivity index (χ4v) is 6.55. The standard InChI is InChI=1S/C21H24N4O3S2/c26-30(27,25-10-12-28-13-11-25)17-7-8-20(22-14-17)24-9-3-4-16(15-24)21-23-18-5-1-2-6-19(18)29-21/h1-2,5-8,14,16H,3-4,9-13,15H2. The van der Waals surface area contributed by atoms with Gasteiger partial charge in [-0.15, -0.1) is 11.3 Å². The number of rotatable bonds is 4. The highest BCUT2D eigenvalue weighted by Gasteiger charge is 2.28. The molecule has 2 aromatic heterocycles. The number of ether oxygens (including phenoxy) is 1. The third-order valence-corrected chi connectivity index (χ3v) is 8.81. The maximum atomic E-state index is 12.8. The molecule has 158 valence electrons. The molecule has 0 saturated carbocycles. The van der Waals surface area contributed by atoms with Crippen molar-refractivity contribution in [1.82, 2.24) is 14.3 Å². The average molecular weight is 445 g/mol. The van der Waals surface area contributed by atoms with Gasteiger partial charge in [0.05, 0.1) is 28.4 Å². The van der Waals surface area contributed by atoms with Crippen molar-refractivity contribution < 1.29 is 13.2 Å². The molecule has 1 unspecified atom stereocenters. The van der Waals surface area contributed by atoms with Crippen LogP contribution >= 0.6 is 11.3 Å². The van der Waals surface area contributed by atoms with Crippen molar-refractivity contribution in [2.45, 2.75) is 23.7 Å². The average Bonchev–Trinajstić information content (AvgIpc) is 3.24. The number of pyridine rings is 1. The number of thiazole rings is 1. The van der Waals surface area contributed by atoms with Crippen molar-refractivity contribution in [2.75, 3.05) is 44.3 Å². The first-order valence-corrected chi connectivity index (χ1v) is 12.5. The second kappa shape index (κ2) is 8.22. The highest BCUT2D eigenvalue weighted by Crippen LogP contribution is 2.34. The van der Waals surface area contributed by atoms with E-state index in [1.807, 2.05) is 18.2 Å². The van der Waals surface area contributed by atoms with Gasteiger partial charge in [-0.3, -0.25) is 0 Å². The quantitative estimate of drug-likeness (QED) is 0.616. The predicted octanol–water partition coefficient (Wildman–Crippen LogP) is 3.10. The minimum absolute atomic E-state index is 0.243. The van der Waals surface area contributed by atoms with E-state index in [9.17, 15) is 8.42 Å². The molecule has 0 amide bonds. The van der Waals surface area contributed by atoms with Gasteiger partial charge in [0, 0.05) is 38.3 Å². The summed E-state index contributed by atoms with van der Waals surface area (Å²) in [5, 5.41) is 1.17. The molecule has 2 fully saturated rings. The lowest BCUT2D eigenvalue weighted by molar-refractivity contribution is 0.0730. The molecule has 3 aromatic rings. The molecule has 0 spiro atoms. The van der Waals surface area contributed by atoms with Gasteiger partial charge >= 0.3 is 0 Å². The van der Waals surface area contributed by atoms with Crippen molar-refractivity contribution in [3.8, 4) is 0 Å². The summed E-state index contributed by atoms with van der Waals surface area (Å²) in [5.74, 6) is 1.19. The maximum absolute atomic E-state index is 12.8. The van der Waals surface area contributed by atoms with E-state index in [1.165, 1.54) is 20.2 Å². The van der Waals surface area contributed by atoms with Gasteiger partial charge in [-0.2, -0.15) is 4.31 Å². The number of benzene rings is 1. The Kier molecular flexibility index (Phi) is 5.44. The predicted molar refractivity (Wildman–Crippen MR) is 118 cm³/mol. The first kappa shape index (κ1) is 19.9. The number of anilines is 1. The lowest BCUT2D eigenvalue weighted by atomic mass is 9.99. The summed E-state index contributed by atoms with van der Waals surface area (Å²) in [5.41, 5.74) is 1.06. The fourth-order valence-electron chi connectivity index (χ4n) is 4.10. The number of para-hydroxylation sites is 1. The smallest absolute Gasteiger partial charge is 0.244 e. The molecule has 7 nitrogen and oxygen atoms in total. The fraction of sp³-hybridized carbons (Fsp3) is 0.429. The van der Waals surface area contributed by atoms with Crippen LogP contribution in [0.15, 0.2) is 47.5 Å². The number of aromatic nitrogens is 2. The van der Waals surface area contributed by atoms with E-state index in [-0.39, 0.29) is 4.90 Å². The minimum atomic E-state index is -3.51. The number of fused-ring (bicyclic) bond motifs is 1. The summed E-state index contributed by atoms with van der Waals surface area (Å²) in [6.45, 7) is 3.42. The molecule has 1 aromatic carbocycles. The van der Waals surface area contributed by atoms with Crippen molar-refractivity contribution in [3.63, 3.8) is 0 Å². The van der Waals surface area contributed by atoms with Gasteiger partial charge in [0.2, 0.25) is 10.0 Å². The Bertz CT molecular complexity index is 1090. The van der Waals surface area contributed by atoms with Crippen molar-refractivity contribution >= 4 is 37.4 Å². The lowest BCUT2D eigenvalue weighted by Crippen LogP contribution is -2.40. The van der Waals surface area contributed by atoms with E-state index in [0.717, 1.165) is 37.3 Å². The van der Waals surface area contributed by atoms with E-state index in [0.29, 0.717) is 32.2 Å². The second-order valence-electron chi connectivity index (χ2n) is 7.67. The Morgan fingerprint density at radius 1 is 1.07 bits per heavy atom. The van der Waals surface area contributed by atoms with Crippen LogP contribution in [0.2, 0.25) is 0 Å². The van der Waals surface area contributed by atoms with Gasteiger partial charge in [-0.25, -0.2) is 18.4 Å². The van der Waals surface area contributed by atoms with Crippen LogP contribution in [0.25, 0.3) is 10.2 Å². The Balaban J connectivity index is 1.32. The molecule has 1 atom stereocenters. The van der Waals surface area contributed by atoms with E-state index >= 15 is 0 Å². The summed E-state index contributed by atoms with van der Waals surface area (Å²) in [7, 11) is -3.51. The monoisotopic (exact) mass is 444 g/mol. The Hall–Kier alpha value is -2.07. The highest BCUT2D eigenvalue weighted by molar-refractivity contribution is 7.89. The number of piperidine rings is 1. The van der Waals surface area contributed by atoms with E-state index < -0.39 is 10.0 Å². The Labute approximate surface area is 180 Å². The van der Waals surface area contributed by atoms with Crippen molar-refractivity contribution in [3.05, 3.63) is 47.6 Å². The number of hydrogen-bond acceptors (Lipinski definition) is 7. The highest BCUT2D eigenvalue weighted by atomic mass is 32.2. The van der Waals surface area contributed by atoms with Crippen LogP contribution in [0.4, 0.5) is 5.82 Å². The molecular weight excluding hydrogens is 420 g/mol. The second-order valence-corrected chi connectivity index (χ2v) is 10.7. The van der Waals surface area contributed by atoms with Gasteiger partial charge in [0.1, 0.15) is 10.7 Å². The number of hydrogen-bond donors (Lipinski definition) is 0. The summed E-state index contributed by atoms with van der Waals surface area (Å²) in [6.07, 6.45) is 3.66. The maximum Gasteiger partial charge on any atom is 0.244 e. The lowest BCUT2D eigenvalue weighted by Gasteiger charge is -2.32. The molecule has 2 saturated heterocycles. The number of morpholine rings is 1. The molecule has 2 aliphatic rings. The van der Waals surface area contributed by atoms with Gasteiger partial charge in [0.25, 0.3) is 0 Å². The molecule has 5 rings (SSSR count). The molecule has 9 heteroatoms. The largest absolute Gasteiger partial charge is 0.379 e. The van der Waals surface area contributed by atoms with Crippen LogP contribution < -0.4 is 4.90 Å². The third kappa shape index (κ3) is 3.82. The molecule has 0 bridgehead atoms. The van der Waals surface area contributed by atoms with Crippen LogP contribution in [-0.4, -0.2) is 62.1 Å². The summed E-state index contributed by atoms with van der Waals surface area (Å²) in [6, 6.07) is 11.8. The van der Waals surface area contributed by atoms with Crippen molar-refractivity contribution in [2.24, 2.45) is 0 Å². The van der Waals surface area contributed by atoms with Crippen LogP contribution in [0.5, 0.6) is 0 Å². The minimum Gasteiger partial charge on any atom is -0.379 e. The molecule has 0 N–H and O–H groups in total. The van der Waals surface area contributed by atoms with Gasteiger partial charge in [0.15, 0.2) is 0 Å². The van der Waals surface area contributed by atoms with Crippen molar-refractivity contribution in [1.29, 1.82) is 0 Å². The van der Waals surface area contributed by atoms with Gasteiger partial charge in [-0.1, -0.05) is 12.1 Å². The van der Waals surface area contributed by atoms with E-state index in [1.54, 1.807) is 17.4 Å². The molecule has 2 aliphatic heterocycles. The first-order chi connectivity index (χ1) is 14.6. The molecule has 0 radical (unpaired) electrons. The summed E-state index contributed by atoms with van der Waals surface area (Å²) < 4.78 is 33.6. The van der Waals surface area contributed by atoms with Gasteiger partial charge < -0.3 is 9.64 Å². The molecule has 4 heterocycles. The van der Waals surface area contributed by atoms with Crippen LogP contribution in [-0.2, 0) is 14.8 Å². The Morgan fingerprint density at radius 2 is 1.90 bits per heavy atom. The normalized spacial score (nSPS) is 21.2. The van der Waals surface area contributed by atoms with Crippen LogP contribution in [0, 0.1) is 0 Å². The molecular formula is C21H24N4O3S2. The summed E-state index contributed by atoms with van der Waals surface area (Å²) in [4.78, 5) is 11.8. The van der Waals surface area contributed by atoms with Gasteiger partial charge in [-0.05, 0) is 37.1 Å². The number of sulfonamides is 1. The van der Waals surface area contributed by atoms with Crippen LogP contribution in [0.3, 0.4) is 0 Å². The van der Waals surface area contributed by atoms with E-state index in [4.69, 9.17) is 9.72 Å². The zero-order chi connectivity index (χ0) is 20.6. The number of nitrogens with zero attached hydrogens (tertiary/aromatic N) is 4. The van der Waals surface area contributed by atoms with Crippen LogP contribution in [0.1, 0.15) is 23.8 Å². The SMILES string of the molecule is O=S(=O)(c1ccc(N2CCCC(c3nc4ccccc4s3)C2)nc1)N1CCOCC1.